The highest BCUT2D eigenvalue weighted by Crippen LogP contribution is 2.25. The Hall–Kier alpha value is -0.410. The molecule has 0 amide bonds. The fourth-order valence-corrected chi connectivity index (χ4v) is 1.59. The van der Waals surface area contributed by atoms with Gasteiger partial charge in [0.25, 0.3) is 0 Å². The van der Waals surface area contributed by atoms with Gasteiger partial charge in [0.1, 0.15) is 12.4 Å². The monoisotopic (exact) mass is 174 g/mol. The first-order chi connectivity index (χ1) is 5.84. The summed E-state index contributed by atoms with van der Waals surface area (Å²) in [5.41, 5.74) is 0. The molecule has 1 aliphatic carbocycles. The van der Waals surface area contributed by atoms with Crippen molar-refractivity contribution in [1.82, 2.24) is 0 Å². The minimum Gasteiger partial charge on any atom is -0.400 e. The van der Waals surface area contributed by atoms with Crippen LogP contribution in [0.2, 0.25) is 0 Å². The predicted molar refractivity (Wildman–Crippen MR) is 46.8 cm³/mol. The minimum atomic E-state index is -0.694. The zero-order valence-electron chi connectivity index (χ0n) is 7.57. The van der Waals surface area contributed by atoms with Gasteiger partial charge in [-0.3, -0.25) is 0 Å². The summed E-state index contributed by atoms with van der Waals surface area (Å²) in [4.78, 5) is 10.2. The van der Waals surface area contributed by atoms with Crippen LogP contribution in [-0.4, -0.2) is 29.7 Å². The van der Waals surface area contributed by atoms with E-state index in [9.17, 15) is 4.79 Å². The molecule has 1 rings (SSSR count). The fourth-order valence-electron chi connectivity index (χ4n) is 1.59. The molecule has 0 radical (unpaired) electrons. The summed E-state index contributed by atoms with van der Waals surface area (Å²) in [6.07, 6.45) is 5.64. The van der Waals surface area contributed by atoms with Gasteiger partial charge in [-0.15, -0.1) is 0 Å². The fraction of sp³-hybridized carbons (Fsp3) is 0.889. The van der Waals surface area contributed by atoms with E-state index >= 15 is 0 Å². The molecule has 0 heterocycles. The molecule has 0 bridgehead atoms. The second-order valence-corrected chi connectivity index (χ2v) is 3.02. The van der Waals surface area contributed by atoms with Crippen LogP contribution in [0.25, 0.3) is 0 Å². The first-order valence-electron chi connectivity index (χ1n) is 4.42. The average molecular weight is 174 g/mol. The van der Waals surface area contributed by atoms with Crippen LogP contribution in [0, 0.1) is 5.92 Å². The number of aldehydes is 1. The van der Waals surface area contributed by atoms with Gasteiger partial charge < -0.3 is 15.0 Å². The van der Waals surface area contributed by atoms with Gasteiger partial charge in [-0.2, -0.15) is 0 Å². The highest BCUT2D eigenvalue weighted by atomic mass is 16.3. The summed E-state index contributed by atoms with van der Waals surface area (Å²) in [5, 5.41) is 16.1. The van der Waals surface area contributed by atoms with Crippen molar-refractivity contribution in [1.29, 1.82) is 0 Å². The molecule has 2 N–H and O–H groups in total. The largest absolute Gasteiger partial charge is 0.400 e. The summed E-state index contributed by atoms with van der Waals surface area (Å²) >= 11 is 0. The van der Waals surface area contributed by atoms with Crippen LogP contribution in [0.4, 0.5) is 0 Å². The van der Waals surface area contributed by atoms with Crippen molar-refractivity contribution in [3.8, 4) is 0 Å². The number of hydrogen-bond donors (Lipinski definition) is 2. The number of hydrogen-bond acceptors (Lipinski definition) is 3. The molecule has 72 valence electrons. The van der Waals surface area contributed by atoms with Crippen LogP contribution < -0.4 is 0 Å². The van der Waals surface area contributed by atoms with E-state index in [0.29, 0.717) is 6.29 Å². The van der Waals surface area contributed by atoms with Gasteiger partial charge in [-0.05, 0) is 18.8 Å². The molecule has 1 fully saturated rings. The molecule has 0 aromatic carbocycles. The molecule has 0 aromatic rings. The quantitative estimate of drug-likeness (QED) is 0.607. The van der Waals surface area contributed by atoms with Crippen molar-refractivity contribution in [3.05, 3.63) is 0 Å². The van der Waals surface area contributed by atoms with E-state index in [0.717, 1.165) is 20.0 Å². The average Bonchev–Trinajstić information content (AvgIpc) is 2.21. The zero-order chi connectivity index (χ0) is 9.40. The third kappa shape index (κ3) is 3.83. The van der Waals surface area contributed by atoms with Crippen LogP contribution in [0.3, 0.4) is 0 Å². The van der Waals surface area contributed by atoms with Crippen LogP contribution in [0.15, 0.2) is 0 Å². The molecule has 1 saturated carbocycles. The van der Waals surface area contributed by atoms with Gasteiger partial charge in [0.2, 0.25) is 0 Å². The van der Waals surface area contributed by atoms with Gasteiger partial charge in [0.15, 0.2) is 0 Å². The molecule has 12 heavy (non-hydrogen) atoms. The Kier molecular flexibility index (Phi) is 7.00. The summed E-state index contributed by atoms with van der Waals surface area (Å²) in [5.74, 6) is 0.256. The topological polar surface area (TPSA) is 57.5 Å². The first-order valence-corrected chi connectivity index (χ1v) is 4.42. The molecule has 3 nitrogen and oxygen atoms in total. The zero-order valence-corrected chi connectivity index (χ0v) is 7.57. The molecule has 1 unspecified atom stereocenters. The van der Waals surface area contributed by atoms with Gasteiger partial charge in [-0.1, -0.05) is 19.3 Å². The lowest BCUT2D eigenvalue weighted by Gasteiger charge is -2.22. The molecular formula is C9H18O3. The van der Waals surface area contributed by atoms with Crippen molar-refractivity contribution >= 4 is 6.29 Å². The lowest BCUT2D eigenvalue weighted by molar-refractivity contribution is -0.117. The maximum Gasteiger partial charge on any atom is 0.148 e. The van der Waals surface area contributed by atoms with E-state index < -0.39 is 6.10 Å². The summed E-state index contributed by atoms with van der Waals surface area (Å²) in [6.45, 7) is 0. The Morgan fingerprint density at radius 2 is 1.75 bits per heavy atom. The molecule has 3 heteroatoms. The Morgan fingerprint density at radius 3 is 2.17 bits per heavy atom. The van der Waals surface area contributed by atoms with E-state index in [-0.39, 0.29) is 5.92 Å². The Bertz CT molecular complexity index is 108. The standard InChI is InChI=1S/C8H14O2.CH4O/c9-6-8(10)7-4-2-1-3-5-7;1-2/h6-8,10H,1-5H2;2H,1H3. The highest BCUT2D eigenvalue weighted by molar-refractivity contribution is 5.56. The smallest absolute Gasteiger partial charge is 0.148 e. The van der Waals surface area contributed by atoms with Crippen LogP contribution in [-0.2, 0) is 4.79 Å². The van der Waals surface area contributed by atoms with Crippen molar-refractivity contribution in [2.75, 3.05) is 7.11 Å². The van der Waals surface area contributed by atoms with Crippen molar-refractivity contribution in [2.45, 2.75) is 38.2 Å². The molecule has 0 aliphatic heterocycles. The second-order valence-electron chi connectivity index (χ2n) is 3.02. The van der Waals surface area contributed by atoms with Gasteiger partial charge in [0.05, 0.1) is 0 Å². The number of aliphatic hydroxyl groups is 2. The first kappa shape index (κ1) is 11.6. The molecule has 1 atom stereocenters. The molecular weight excluding hydrogens is 156 g/mol. The van der Waals surface area contributed by atoms with Gasteiger partial charge >= 0.3 is 0 Å². The Labute approximate surface area is 73.4 Å². The normalized spacial score (nSPS) is 20.6. The second kappa shape index (κ2) is 7.25. The maximum absolute atomic E-state index is 10.2. The predicted octanol–water partition coefficient (Wildman–Crippen LogP) is 0.735. The molecule has 0 aromatic heterocycles. The number of rotatable bonds is 2. The summed E-state index contributed by atoms with van der Waals surface area (Å²) in [6, 6.07) is 0. The highest BCUT2D eigenvalue weighted by Gasteiger charge is 2.20. The number of aliphatic hydroxyl groups excluding tert-OH is 2. The van der Waals surface area contributed by atoms with Crippen LogP contribution in [0.5, 0.6) is 0 Å². The van der Waals surface area contributed by atoms with E-state index in [1.165, 1.54) is 19.3 Å². The van der Waals surface area contributed by atoms with Crippen molar-refractivity contribution < 1.29 is 15.0 Å². The third-order valence-electron chi connectivity index (χ3n) is 2.27. The summed E-state index contributed by atoms with van der Waals surface area (Å²) < 4.78 is 0. The SMILES string of the molecule is CO.O=CC(O)C1CCCCC1. The van der Waals surface area contributed by atoms with Gasteiger partial charge in [0, 0.05) is 7.11 Å². The van der Waals surface area contributed by atoms with E-state index in [2.05, 4.69) is 0 Å². The molecule has 0 saturated heterocycles. The van der Waals surface area contributed by atoms with Crippen molar-refractivity contribution in [3.63, 3.8) is 0 Å². The molecule has 0 spiro atoms. The summed E-state index contributed by atoms with van der Waals surface area (Å²) in [7, 11) is 1.00. The van der Waals surface area contributed by atoms with E-state index in [1.807, 2.05) is 0 Å². The van der Waals surface area contributed by atoms with E-state index in [1.54, 1.807) is 0 Å². The Morgan fingerprint density at radius 1 is 1.25 bits per heavy atom. The van der Waals surface area contributed by atoms with Crippen LogP contribution >= 0.6 is 0 Å². The lowest BCUT2D eigenvalue weighted by Crippen LogP contribution is -2.23. The maximum atomic E-state index is 10.2. The molecule has 1 aliphatic rings. The van der Waals surface area contributed by atoms with Crippen LogP contribution in [0.1, 0.15) is 32.1 Å². The van der Waals surface area contributed by atoms with Crippen molar-refractivity contribution in [2.24, 2.45) is 5.92 Å². The van der Waals surface area contributed by atoms with E-state index in [4.69, 9.17) is 10.2 Å². The Balaban J connectivity index is 0.000000561. The number of carbonyl (C=O) groups excluding carboxylic acids is 1. The minimum absolute atomic E-state index is 0.256. The number of carbonyl (C=O) groups is 1. The van der Waals surface area contributed by atoms with Gasteiger partial charge in [-0.25, -0.2) is 0 Å². The lowest BCUT2D eigenvalue weighted by atomic mass is 9.86. The third-order valence-corrected chi connectivity index (χ3v) is 2.27.